The number of amides is 4. The van der Waals surface area contributed by atoms with E-state index in [0.29, 0.717) is 37.4 Å². The highest BCUT2D eigenvalue weighted by Crippen LogP contribution is 2.47. The predicted octanol–water partition coefficient (Wildman–Crippen LogP) is 1.77. The van der Waals surface area contributed by atoms with Crippen LogP contribution in [0.15, 0.2) is 54.6 Å². The third-order valence-corrected chi connectivity index (χ3v) is 7.61. The number of hydrogen-bond acceptors (Lipinski definition) is 5. The van der Waals surface area contributed by atoms with Gasteiger partial charge in [0.15, 0.2) is 0 Å². The largest absolute Gasteiger partial charge is 0.349 e. The van der Waals surface area contributed by atoms with Gasteiger partial charge in [0.05, 0.1) is 29.5 Å². The van der Waals surface area contributed by atoms with E-state index >= 15 is 0 Å². The Bertz CT molecular complexity index is 1200. The Labute approximate surface area is 210 Å². The molecule has 0 bridgehead atoms. The van der Waals surface area contributed by atoms with Crippen LogP contribution in [0.2, 0.25) is 0 Å². The molecule has 0 aromatic heterocycles. The summed E-state index contributed by atoms with van der Waals surface area (Å²) in [6, 6.07) is 16.9. The van der Waals surface area contributed by atoms with Crippen LogP contribution >= 0.6 is 0 Å². The van der Waals surface area contributed by atoms with E-state index in [2.05, 4.69) is 15.5 Å². The number of likely N-dealkylation sites (tertiary alicyclic amines) is 2. The quantitative estimate of drug-likeness (QED) is 0.682. The molecular formula is C27H31N5O4. The average Bonchev–Trinajstić information content (AvgIpc) is 3.18. The number of carbonyl (C=O) groups is 4. The minimum atomic E-state index is -0.560. The minimum absolute atomic E-state index is 0.0201. The van der Waals surface area contributed by atoms with Crippen molar-refractivity contribution in [2.75, 3.05) is 42.9 Å². The van der Waals surface area contributed by atoms with Gasteiger partial charge in [-0.1, -0.05) is 42.5 Å². The van der Waals surface area contributed by atoms with Gasteiger partial charge < -0.3 is 15.5 Å². The second-order valence-electron chi connectivity index (χ2n) is 9.98. The molecule has 188 valence electrons. The second-order valence-corrected chi connectivity index (χ2v) is 9.98. The molecule has 2 aromatic carbocycles. The molecule has 9 nitrogen and oxygen atoms in total. The van der Waals surface area contributed by atoms with Gasteiger partial charge in [0.25, 0.3) is 0 Å². The van der Waals surface area contributed by atoms with E-state index < -0.39 is 5.54 Å². The topological polar surface area (TPSA) is 102 Å². The number of rotatable bonds is 4. The zero-order chi connectivity index (χ0) is 25.4. The van der Waals surface area contributed by atoms with Crippen molar-refractivity contribution in [3.8, 4) is 0 Å². The highest BCUT2D eigenvalue weighted by molar-refractivity contribution is 6.10. The summed E-state index contributed by atoms with van der Waals surface area (Å²) in [5.41, 5.74) is 1.77. The number of anilines is 2. The zero-order valence-electron chi connectivity index (χ0n) is 20.6. The van der Waals surface area contributed by atoms with E-state index in [9.17, 15) is 19.2 Å². The van der Waals surface area contributed by atoms with Crippen molar-refractivity contribution in [3.63, 3.8) is 0 Å². The fourth-order valence-electron chi connectivity index (χ4n) is 6.10. The molecule has 3 heterocycles. The first-order valence-corrected chi connectivity index (χ1v) is 12.3. The van der Waals surface area contributed by atoms with Crippen LogP contribution in [0.4, 0.5) is 11.4 Å². The maximum atomic E-state index is 13.4. The molecule has 2 saturated heterocycles. The summed E-state index contributed by atoms with van der Waals surface area (Å²) in [5, 5.41) is 6.01. The first kappa shape index (κ1) is 24.0. The van der Waals surface area contributed by atoms with Crippen molar-refractivity contribution in [2.24, 2.45) is 5.92 Å². The van der Waals surface area contributed by atoms with Gasteiger partial charge in [-0.25, -0.2) is 0 Å². The number of nitrogens with zero attached hydrogens (tertiary/aromatic N) is 3. The van der Waals surface area contributed by atoms with E-state index in [1.54, 1.807) is 13.0 Å². The summed E-state index contributed by atoms with van der Waals surface area (Å²) in [6.07, 6.45) is 0.620. The summed E-state index contributed by atoms with van der Waals surface area (Å²) in [6.45, 7) is 4.77. The van der Waals surface area contributed by atoms with Crippen LogP contribution in [0.5, 0.6) is 0 Å². The van der Waals surface area contributed by atoms with Gasteiger partial charge in [0, 0.05) is 39.4 Å². The summed E-state index contributed by atoms with van der Waals surface area (Å²) in [7, 11) is 0. The van der Waals surface area contributed by atoms with Crippen molar-refractivity contribution in [3.05, 3.63) is 60.2 Å². The Kier molecular flexibility index (Phi) is 6.26. The maximum absolute atomic E-state index is 13.4. The molecule has 9 heteroatoms. The van der Waals surface area contributed by atoms with Crippen molar-refractivity contribution >= 4 is 35.0 Å². The monoisotopic (exact) mass is 489 g/mol. The van der Waals surface area contributed by atoms with Gasteiger partial charge in [-0.05, 0) is 24.1 Å². The lowest BCUT2D eigenvalue weighted by Gasteiger charge is -2.45. The number of benzene rings is 2. The SMILES string of the molecule is CC(=O)N[C@@]12CCN(CC(=O)N3CC(=O)Nc4ccccc43)C[C@@H]1[C@@H](c1ccccc1)N(C(C)=O)C2. The van der Waals surface area contributed by atoms with Gasteiger partial charge in [-0.2, -0.15) is 0 Å². The fraction of sp³-hybridized carbons (Fsp3) is 0.407. The molecule has 4 amide bonds. The lowest BCUT2D eigenvalue weighted by molar-refractivity contribution is -0.130. The number of carbonyl (C=O) groups excluding carboxylic acids is 4. The van der Waals surface area contributed by atoms with Crippen LogP contribution in [0, 0.1) is 5.92 Å². The first-order valence-electron chi connectivity index (χ1n) is 12.3. The van der Waals surface area contributed by atoms with Crippen LogP contribution in [0.1, 0.15) is 31.9 Å². The van der Waals surface area contributed by atoms with Crippen LogP contribution in [0.25, 0.3) is 0 Å². The molecule has 2 N–H and O–H groups in total. The van der Waals surface area contributed by atoms with E-state index in [1.165, 1.54) is 11.8 Å². The summed E-state index contributed by atoms with van der Waals surface area (Å²) >= 11 is 0. The van der Waals surface area contributed by atoms with Gasteiger partial charge >= 0.3 is 0 Å². The van der Waals surface area contributed by atoms with Gasteiger partial charge in [-0.15, -0.1) is 0 Å². The summed E-state index contributed by atoms with van der Waals surface area (Å²) in [5.74, 6) is -0.630. The molecule has 0 aliphatic carbocycles. The Balaban J connectivity index is 1.42. The van der Waals surface area contributed by atoms with Crippen molar-refractivity contribution in [1.82, 2.24) is 15.1 Å². The number of fused-ring (bicyclic) bond motifs is 2. The van der Waals surface area contributed by atoms with Gasteiger partial charge in [0.2, 0.25) is 23.6 Å². The molecule has 3 aliphatic rings. The molecule has 0 saturated carbocycles. The molecular weight excluding hydrogens is 458 g/mol. The lowest BCUT2D eigenvalue weighted by Crippen LogP contribution is -2.62. The van der Waals surface area contributed by atoms with Gasteiger partial charge in [0.1, 0.15) is 6.54 Å². The van der Waals surface area contributed by atoms with Crippen molar-refractivity contribution in [2.45, 2.75) is 31.8 Å². The smallest absolute Gasteiger partial charge is 0.244 e. The van der Waals surface area contributed by atoms with E-state index in [4.69, 9.17) is 0 Å². The fourth-order valence-corrected chi connectivity index (χ4v) is 6.10. The molecule has 2 aromatic rings. The van der Waals surface area contributed by atoms with E-state index in [0.717, 1.165) is 5.56 Å². The normalized spacial score (nSPS) is 25.6. The first-order chi connectivity index (χ1) is 17.3. The van der Waals surface area contributed by atoms with E-state index in [1.807, 2.05) is 53.4 Å². The Hall–Kier alpha value is -3.72. The third-order valence-electron chi connectivity index (χ3n) is 7.61. The summed E-state index contributed by atoms with van der Waals surface area (Å²) in [4.78, 5) is 56.1. The number of nitrogens with one attached hydrogen (secondary N) is 2. The minimum Gasteiger partial charge on any atom is -0.349 e. The highest BCUT2D eigenvalue weighted by atomic mass is 16.2. The Morgan fingerprint density at radius 3 is 2.50 bits per heavy atom. The lowest BCUT2D eigenvalue weighted by atomic mass is 9.75. The van der Waals surface area contributed by atoms with Crippen LogP contribution in [-0.4, -0.2) is 71.7 Å². The van der Waals surface area contributed by atoms with Crippen molar-refractivity contribution in [1.29, 1.82) is 0 Å². The van der Waals surface area contributed by atoms with E-state index in [-0.39, 0.29) is 48.7 Å². The third kappa shape index (κ3) is 4.35. The standard InChI is InChI=1S/C27H31N5O4/c1-18(33)29-27-12-13-30(16-25(36)31-15-24(35)28-22-10-6-7-11-23(22)31)14-21(27)26(32(17-27)19(2)34)20-8-4-3-5-9-20/h3-11,21,26H,12-17H2,1-2H3,(H,28,35)(H,29,33)/t21-,26-,27-/m1/s1. The Morgan fingerprint density at radius 1 is 1.06 bits per heavy atom. The number of hydrogen-bond donors (Lipinski definition) is 2. The van der Waals surface area contributed by atoms with Crippen LogP contribution in [0.3, 0.4) is 0 Å². The van der Waals surface area contributed by atoms with Crippen LogP contribution in [-0.2, 0) is 19.2 Å². The second kappa shape index (κ2) is 9.39. The average molecular weight is 490 g/mol. The van der Waals surface area contributed by atoms with Gasteiger partial charge in [-0.3, -0.25) is 29.0 Å². The molecule has 0 spiro atoms. The Morgan fingerprint density at radius 2 is 1.78 bits per heavy atom. The molecule has 0 unspecified atom stereocenters. The molecule has 36 heavy (non-hydrogen) atoms. The van der Waals surface area contributed by atoms with Crippen molar-refractivity contribution < 1.29 is 19.2 Å². The summed E-state index contributed by atoms with van der Waals surface area (Å²) < 4.78 is 0. The predicted molar refractivity (Wildman–Crippen MR) is 135 cm³/mol. The zero-order valence-corrected chi connectivity index (χ0v) is 20.6. The highest BCUT2D eigenvalue weighted by Gasteiger charge is 2.56. The molecule has 3 atom stereocenters. The molecule has 2 fully saturated rings. The molecule has 0 radical (unpaired) electrons. The maximum Gasteiger partial charge on any atom is 0.244 e. The molecule has 5 rings (SSSR count). The number of para-hydroxylation sites is 2. The van der Waals surface area contributed by atoms with Crippen LogP contribution < -0.4 is 15.5 Å². The number of piperidine rings is 1. The molecule has 3 aliphatic heterocycles.